The van der Waals surface area contributed by atoms with Gasteiger partial charge < -0.3 is 10.1 Å². The molecule has 0 bridgehead atoms. The molecule has 0 aliphatic heterocycles. The summed E-state index contributed by atoms with van der Waals surface area (Å²) in [5, 5.41) is 16.5. The van der Waals surface area contributed by atoms with Crippen molar-refractivity contribution in [1.82, 2.24) is 14.8 Å². The third-order valence-corrected chi connectivity index (χ3v) is 8.62. The highest BCUT2D eigenvalue weighted by molar-refractivity contribution is 7.99. The SMILES string of the molecule is COC(=O)c1c(-c2ccc(F)cc2)csc1NC(=O)CSc1nnc(-c2csc(C(C)C)c2)n1C(C)C. The fraction of sp³-hybridized carbons (Fsp3) is 0.308. The molecule has 1 amide bonds. The summed E-state index contributed by atoms with van der Waals surface area (Å²) in [6, 6.07) is 8.05. The van der Waals surface area contributed by atoms with Crippen LogP contribution in [0.5, 0.6) is 0 Å². The minimum atomic E-state index is -0.579. The highest BCUT2D eigenvalue weighted by Gasteiger charge is 2.24. The second-order valence-corrected chi connectivity index (χ2v) is 11.6. The first-order valence-electron chi connectivity index (χ1n) is 11.6. The largest absolute Gasteiger partial charge is 0.465 e. The van der Waals surface area contributed by atoms with Crippen molar-refractivity contribution in [2.75, 3.05) is 18.2 Å². The summed E-state index contributed by atoms with van der Waals surface area (Å²) in [7, 11) is 1.28. The number of thiophene rings is 2. The van der Waals surface area contributed by atoms with E-state index in [1.165, 1.54) is 47.2 Å². The van der Waals surface area contributed by atoms with Crippen LogP contribution in [0.2, 0.25) is 0 Å². The van der Waals surface area contributed by atoms with E-state index in [1.54, 1.807) is 28.8 Å². The lowest BCUT2D eigenvalue weighted by Gasteiger charge is -2.13. The van der Waals surface area contributed by atoms with Crippen LogP contribution in [0.25, 0.3) is 22.5 Å². The molecule has 7 nitrogen and oxygen atoms in total. The quantitative estimate of drug-likeness (QED) is 0.174. The predicted molar refractivity (Wildman–Crippen MR) is 148 cm³/mol. The van der Waals surface area contributed by atoms with E-state index < -0.39 is 5.97 Å². The molecule has 1 aromatic carbocycles. The van der Waals surface area contributed by atoms with Crippen molar-refractivity contribution < 1.29 is 18.7 Å². The van der Waals surface area contributed by atoms with Crippen molar-refractivity contribution in [1.29, 1.82) is 0 Å². The number of nitrogens with one attached hydrogen (secondary N) is 1. The van der Waals surface area contributed by atoms with E-state index in [4.69, 9.17) is 4.74 Å². The van der Waals surface area contributed by atoms with Gasteiger partial charge in [0.15, 0.2) is 11.0 Å². The first-order chi connectivity index (χ1) is 17.7. The van der Waals surface area contributed by atoms with Crippen molar-refractivity contribution in [3.8, 4) is 22.5 Å². The second-order valence-electron chi connectivity index (χ2n) is 8.85. The molecule has 4 aromatic rings. The van der Waals surface area contributed by atoms with Crippen LogP contribution in [-0.2, 0) is 9.53 Å². The number of halogens is 1. The third-order valence-electron chi connectivity index (χ3n) is 5.55. The standard InChI is InChI=1S/C26H27FN4O3S3/c1-14(2)20-10-17(11-35-20)23-29-30-26(31(23)15(3)4)37-13-21(32)28-24-22(25(33)34-5)19(12-36-24)16-6-8-18(27)9-7-16/h6-12,14-15H,13H2,1-5H3,(H,28,32). The predicted octanol–water partition coefficient (Wildman–Crippen LogP) is 7.10. The van der Waals surface area contributed by atoms with Gasteiger partial charge in [-0.1, -0.05) is 37.7 Å². The Labute approximate surface area is 227 Å². The highest BCUT2D eigenvalue weighted by atomic mass is 32.2. The fourth-order valence-electron chi connectivity index (χ4n) is 3.70. The van der Waals surface area contributed by atoms with Crippen molar-refractivity contribution >= 4 is 51.3 Å². The number of benzene rings is 1. The van der Waals surface area contributed by atoms with Crippen LogP contribution < -0.4 is 5.32 Å². The highest BCUT2D eigenvalue weighted by Crippen LogP contribution is 2.37. The number of aromatic nitrogens is 3. The van der Waals surface area contributed by atoms with Gasteiger partial charge in [-0.15, -0.1) is 32.9 Å². The first-order valence-corrected chi connectivity index (χ1v) is 14.4. The molecule has 194 valence electrons. The van der Waals surface area contributed by atoms with Crippen molar-refractivity contribution in [3.05, 3.63) is 57.3 Å². The van der Waals surface area contributed by atoms with Gasteiger partial charge in [-0.05, 0) is 43.5 Å². The van der Waals surface area contributed by atoms with E-state index in [1.807, 2.05) is 4.57 Å². The number of hydrogen-bond acceptors (Lipinski definition) is 8. The van der Waals surface area contributed by atoms with Gasteiger partial charge in [0.05, 0.1) is 12.9 Å². The van der Waals surface area contributed by atoms with E-state index in [0.717, 1.165) is 11.4 Å². The molecule has 0 unspecified atom stereocenters. The molecular weight excluding hydrogens is 532 g/mol. The van der Waals surface area contributed by atoms with Gasteiger partial charge in [0.25, 0.3) is 0 Å². The summed E-state index contributed by atoms with van der Waals surface area (Å²) in [5.41, 5.74) is 2.48. The number of rotatable bonds is 9. The summed E-state index contributed by atoms with van der Waals surface area (Å²) < 4.78 is 20.4. The Hall–Kier alpha value is -3.02. The van der Waals surface area contributed by atoms with Crippen molar-refractivity contribution in [2.24, 2.45) is 0 Å². The number of methoxy groups -OCH3 is 1. The Morgan fingerprint density at radius 3 is 2.43 bits per heavy atom. The van der Waals surface area contributed by atoms with Crippen LogP contribution in [0, 0.1) is 5.82 Å². The van der Waals surface area contributed by atoms with Crippen LogP contribution in [0.1, 0.15) is 54.9 Å². The van der Waals surface area contributed by atoms with Crippen LogP contribution >= 0.6 is 34.4 Å². The van der Waals surface area contributed by atoms with Gasteiger partial charge in [0.1, 0.15) is 16.4 Å². The summed E-state index contributed by atoms with van der Waals surface area (Å²) in [4.78, 5) is 26.7. The van der Waals surface area contributed by atoms with Crippen LogP contribution in [0.15, 0.2) is 46.2 Å². The van der Waals surface area contributed by atoms with Gasteiger partial charge in [-0.2, -0.15) is 0 Å². The molecule has 0 fully saturated rings. The summed E-state index contributed by atoms with van der Waals surface area (Å²) in [5.74, 6) is 0.0415. The Morgan fingerprint density at radius 1 is 1.08 bits per heavy atom. The van der Waals surface area contributed by atoms with Gasteiger partial charge in [-0.3, -0.25) is 9.36 Å². The van der Waals surface area contributed by atoms with Crippen LogP contribution in [-0.4, -0.2) is 39.5 Å². The minimum Gasteiger partial charge on any atom is -0.465 e. The molecule has 3 heterocycles. The average molecular weight is 559 g/mol. The maximum Gasteiger partial charge on any atom is 0.341 e. The van der Waals surface area contributed by atoms with Crippen molar-refractivity contribution in [2.45, 2.75) is 44.8 Å². The lowest BCUT2D eigenvalue weighted by molar-refractivity contribution is -0.113. The molecule has 0 aliphatic carbocycles. The monoisotopic (exact) mass is 558 g/mol. The maximum atomic E-state index is 13.4. The Bertz CT molecular complexity index is 1410. The molecule has 0 atom stereocenters. The topological polar surface area (TPSA) is 86.1 Å². The molecule has 37 heavy (non-hydrogen) atoms. The minimum absolute atomic E-state index is 0.0795. The van der Waals surface area contributed by atoms with E-state index in [9.17, 15) is 14.0 Å². The molecule has 3 aromatic heterocycles. The Morgan fingerprint density at radius 2 is 1.81 bits per heavy atom. The summed E-state index contributed by atoms with van der Waals surface area (Å²) >= 11 is 4.20. The Kier molecular flexibility index (Phi) is 8.46. The first kappa shape index (κ1) is 27.0. The third kappa shape index (κ3) is 5.94. The molecule has 0 saturated heterocycles. The molecular formula is C26H27FN4O3S3. The fourth-order valence-corrected chi connectivity index (χ4v) is 6.44. The molecule has 11 heteroatoms. The number of nitrogens with zero attached hydrogens (tertiary/aromatic N) is 3. The molecule has 0 radical (unpaired) electrons. The second kappa shape index (κ2) is 11.6. The number of hydrogen-bond donors (Lipinski definition) is 1. The average Bonchev–Trinajstić information content (AvgIpc) is 3.60. The van der Waals surface area contributed by atoms with Crippen molar-refractivity contribution in [3.63, 3.8) is 0 Å². The number of carbonyl (C=O) groups excluding carboxylic acids is 2. The lowest BCUT2D eigenvalue weighted by atomic mass is 10.0. The zero-order valence-corrected chi connectivity index (χ0v) is 23.5. The number of ether oxygens (including phenoxy) is 1. The maximum absolute atomic E-state index is 13.4. The molecule has 0 spiro atoms. The number of carbonyl (C=O) groups is 2. The van der Waals surface area contributed by atoms with Crippen LogP contribution in [0.3, 0.4) is 0 Å². The van der Waals surface area contributed by atoms with Gasteiger partial charge in [0, 0.05) is 32.8 Å². The zero-order valence-electron chi connectivity index (χ0n) is 21.1. The Balaban J connectivity index is 1.52. The zero-order chi connectivity index (χ0) is 26.7. The molecule has 4 rings (SSSR count). The smallest absolute Gasteiger partial charge is 0.341 e. The van der Waals surface area contributed by atoms with E-state index in [-0.39, 0.29) is 29.1 Å². The normalized spacial score (nSPS) is 11.4. The van der Waals surface area contributed by atoms with Crippen LogP contribution in [0.4, 0.5) is 9.39 Å². The number of anilines is 1. The number of esters is 1. The number of thioether (sulfide) groups is 1. The lowest BCUT2D eigenvalue weighted by Crippen LogP contribution is -2.16. The van der Waals surface area contributed by atoms with E-state index in [2.05, 4.69) is 54.7 Å². The van der Waals surface area contributed by atoms with E-state index in [0.29, 0.717) is 27.2 Å². The molecule has 1 N–H and O–H groups in total. The molecule has 0 saturated carbocycles. The van der Waals surface area contributed by atoms with Gasteiger partial charge >= 0.3 is 5.97 Å². The summed E-state index contributed by atoms with van der Waals surface area (Å²) in [6.45, 7) is 8.42. The summed E-state index contributed by atoms with van der Waals surface area (Å²) in [6.07, 6.45) is 0. The van der Waals surface area contributed by atoms with Gasteiger partial charge in [-0.25, -0.2) is 9.18 Å². The molecule has 0 aliphatic rings. The van der Waals surface area contributed by atoms with E-state index >= 15 is 0 Å². The number of amides is 1. The van der Waals surface area contributed by atoms with Gasteiger partial charge in [0.2, 0.25) is 5.91 Å².